The zero-order valence-electron chi connectivity index (χ0n) is 13.8. The lowest BCUT2D eigenvalue weighted by molar-refractivity contribution is 0.00528. The van der Waals surface area contributed by atoms with Crippen molar-refractivity contribution in [3.63, 3.8) is 0 Å². The molecule has 2 N–H and O–H groups in total. The van der Waals surface area contributed by atoms with Gasteiger partial charge in [0.15, 0.2) is 5.96 Å². The smallest absolute Gasteiger partial charge is 0.252 e. The molecule has 0 bridgehead atoms. The summed E-state index contributed by atoms with van der Waals surface area (Å²) in [6, 6.07) is 3.42. The van der Waals surface area contributed by atoms with Gasteiger partial charge in [-0.3, -0.25) is 4.99 Å². The first-order valence-corrected chi connectivity index (χ1v) is 10.5. The van der Waals surface area contributed by atoms with Gasteiger partial charge in [0.1, 0.15) is 4.21 Å². The molecule has 1 aromatic heterocycles. The van der Waals surface area contributed by atoms with Crippen molar-refractivity contribution in [2.24, 2.45) is 16.6 Å². The number of hydrogen-bond acceptors (Lipinski definition) is 5. The number of guanidine groups is 1. The fourth-order valence-corrected chi connectivity index (χ4v) is 5.73. The minimum atomic E-state index is -3.35. The number of morpholine rings is 1. The van der Waals surface area contributed by atoms with E-state index in [2.05, 4.69) is 4.99 Å². The van der Waals surface area contributed by atoms with Crippen LogP contribution in [0.25, 0.3) is 0 Å². The van der Waals surface area contributed by atoms with Crippen LogP contribution in [0.1, 0.15) is 13.3 Å². The summed E-state index contributed by atoms with van der Waals surface area (Å²) in [5, 5.41) is 1.79. The van der Waals surface area contributed by atoms with Crippen molar-refractivity contribution >= 4 is 27.3 Å². The molecule has 0 radical (unpaired) electrons. The maximum absolute atomic E-state index is 12.5. The first-order valence-electron chi connectivity index (χ1n) is 8.17. The summed E-state index contributed by atoms with van der Waals surface area (Å²) in [5.74, 6) is 0.751. The Hall–Kier alpha value is -1.16. The number of hydrogen-bond donors (Lipinski definition) is 1. The fourth-order valence-electron chi connectivity index (χ4n) is 3.05. The predicted molar refractivity (Wildman–Crippen MR) is 94.7 cm³/mol. The average molecular weight is 373 g/mol. The van der Waals surface area contributed by atoms with Crippen LogP contribution in [0, 0.1) is 5.92 Å². The molecule has 134 valence electrons. The van der Waals surface area contributed by atoms with E-state index in [0.29, 0.717) is 36.4 Å². The van der Waals surface area contributed by atoms with Gasteiger partial charge in [-0.2, -0.15) is 4.31 Å². The van der Waals surface area contributed by atoms with E-state index in [4.69, 9.17) is 10.5 Å². The first kappa shape index (κ1) is 17.7. The highest BCUT2D eigenvalue weighted by Crippen LogP contribution is 2.27. The van der Waals surface area contributed by atoms with Crippen LogP contribution in [0.2, 0.25) is 0 Å². The summed E-state index contributed by atoms with van der Waals surface area (Å²) in [4.78, 5) is 6.52. The Labute approximate surface area is 147 Å². The summed E-state index contributed by atoms with van der Waals surface area (Å²) in [5.41, 5.74) is 6.08. The lowest BCUT2D eigenvalue weighted by atomic mass is 10.1. The molecule has 1 aromatic rings. The number of thiophene rings is 1. The van der Waals surface area contributed by atoms with Gasteiger partial charge in [0.25, 0.3) is 10.0 Å². The van der Waals surface area contributed by atoms with Crippen LogP contribution in [0.4, 0.5) is 0 Å². The predicted octanol–water partition coefficient (Wildman–Crippen LogP) is 0.794. The molecule has 0 amide bonds. The molecule has 7 nitrogen and oxygen atoms in total. The topological polar surface area (TPSA) is 88.2 Å². The molecule has 3 heterocycles. The number of aliphatic imine (C=N–C) groups is 1. The molecule has 3 rings (SSSR count). The second-order valence-electron chi connectivity index (χ2n) is 6.28. The van der Waals surface area contributed by atoms with E-state index in [1.165, 1.54) is 11.3 Å². The van der Waals surface area contributed by atoms with E-state index in [9.17, 15) is 8.42 Å². The Morgan fingerprint density at radius 3 is 3.00 bits per heavy atom. The number of nitrogens with zero attached hydrogens (tertiary/aromatic N) is 3. The van der Waals surface area contributed by atoms with Crippen LogP contribution in [0.15, 0.2) is 26.7 Å². The lowest BCUT2D eigenvalue weighted by Crippen LogP contribution is -2.48. The summed E-state index contributed by atoms with van der Waals surface area (Å²) >= 11 is 1.26. The van der Waals surface area contributed by atoms with Gasteiger partial charge < -0.3 is 15.4 Å². The Morgan fingerprint density at radius 1 is 1.46 bits per heavy atom. The number of ether oxygens (including phenoxy) is 1. The van der Waals surface area contributed by atoms with E-state index in [0.717, 1.165) is 19.5 Å². The number of nitrogens with two attached hydrogens (primary N) is 1. The number of rotatable bonds is 4. The van der Waals surface area contributed by atoms with Crippen LogP contribution in [-0.4, -0.2) is 69.0 Å². The second kappa shape index (κ2) is 7.38. The first-order chi connectivity index (χ1) is 11.5. The van der Waals surface area contributed by atoms with Crippen molar-refractivity contribution < 1.29 is 13.2 Å². The third-order valence-electron chi connectivity index (χ3n) is 4.41. The van der Waals surface area contributed by atoms with Gasteiger partial charge in [0.2, 0.25) is 0 Å². The van der Waals surface area contributed by atoms with Gasteiger partial charge in [0.05, 0.1) is 12.7 Å². The van der Waals surface area contributed by atoms with Crippen LogP contribution in [0.5, 0.6) is 0 Å². The minimum Gasteiger partial charge on any atom is -0.375 e. The molecule has 0 saturated carbocycles. The van der Waals surface area contributed by atoms with Crippen LogP contribution in [-0.2, 0) is 14.8 Å². The van der Waals surface area contributed by atoms with Crippen molar-refractivity contribution in [1.29, 1.82) is 0 Å². The molecule has 2 aliphatic heterocycles. The molecular weight excluding hydrogens is 348 g/mol. The summed E-state index contributed by atoms with van der Waals surface area (Å²) in [6.45, 7) is 5.80. The molecule has 2 atom stereocenters. The quantitative estimate of drug-likeness (QED) is 0.624. The zero-order chi connectivity index (χ0) is 17.2. The second-order valence-corrected chi connectivity index (χ2v) is 9.39. The van der Waals surface area contributed by atoms with Gasteiger partial charge >= 0.3 is 0 Å². The van der Waals surface area contributed by atoms with Crippen molar-refractivity contribution in [3.05, 3.63) is 17.5 Å². The van der Waals surface area contributed by atoms with Gasteiger partial charge in [-0.05, 0) is 30.7 Å². The van der Waals surface area contributed by atoms with Gasteiger partial charge in [-0.15, -0.1) is 11.3 Å². The van der Waals surface area contributed by atoms with E-state index >= 15 is 0 Å². The summed E-state index contributed by atoms with van der Waals surface area (Å²) in [7, 11) is -3.35. The Bertz CT molecular complexity index is 675. The van der Waals surface area contributed by atoms with Gasteiger partial charge in [0, 0.05) is 32.7 Å². The highest BCUT2D eigenvalue weighted by atomic mass is 32.2. The molecule has 2 fully saturated rings. The zero-order valence-corrected chi connectivity index (χ0v) is 15.4. The highest BCUT2D eigenvalue weighted by Gasteiger charge is 2.33. The maximum Gasteiger partial charge on any atom is 0.252 e. The molecule has 2 unspecified atom stereocenters. The highest BCUT2D eigenvalue weighted by molar-refractivity contribution is 7.91. The molecule has 0 spiro atoms. The lowest BCUT2D eigenvalue weighted by Gasteiger charge is -2.32. The van der Waals surface area contributed by atoms with Crippen molar-refractivity contribution in [2.45, 2.75) is 23.7 Å². The van der Waals surface area contributed by atoms with Crippen LogP contribution >= 0.6 is 11.3 Å². The minimum absolute atomic E-state index is 0.158. The Morgan fingerprint density at radius 2 is 2.29 bits per heavy atom. The Kier molecular flexibility index (Phi) is 5.43. The molecule has 9 heteroatoms. The van der Waals surface area contributed by atoms with Crippen molar-refractivity contribution in [3.8, 4) is 0 Å². The Balaban J connectivity index is 1.55. The number of sulfonamides is 1. The molecule has 0 aromatic carbocycles. The standard InChI is InChI=1S/C15H24N4O3S2/c1-12-10-18(6-7-22-12)15(16)17-9-13-4-5-19(11-13)24(20,21)14-3-2-8-23-14/h2-3,8,12-13H,4-7,9-11H2,1H3,(H2,16,17). The molecule has 0 aliphatic carbocycles. The molecule has 2 aliphatic rings. The third-order valence-corrected chi connectivity index (χ3v) is 7.65. The molecule has 24 heavy (non-hydrogen) atoms. The summed E-state index contributed by atoms with van der Waals surface area (Å²) in [6.07, 6.45) is 0.978. The molecular formula is C15H24N4O3S2. The normalized spacial score (nSPS) is 26.9. The van der Waals surface area contributed by atoms with Gasteiger partial charge in [-0.1, -0.05) is 6.07 Å². The summed E-state index contributed by atoms with van der Waals surface area (Å²) < 4.78 is 32.5. The molecule has 2 saturated heterocycles. The average Bonchev–Trinajstić information content (AvgIpc) is 3.24. The SMILES string of the molecule is CC1CN(C(N)=NCC2CCN(S(=O)(=O)c3cccs3)C2)CCO1. The van der Waals surface area contributed by atoms with Gasteiger partial charge in [-0.25, -0.2) is 8.42 Å². The van der Waals surface area contributed by atoms with E-state index < -0.39 is 10.0 Å². The van der Waals surface area contributed by atoms with Crippen LogP contribution < -0.4 is 5.73 Å². The van der Waals surface area contributed by atoms with Crippen molar-refractivity contribution in [1.82, 2.24) is 9.21 Å². The third kappa shape index (κ3) is 3.90. The monoisotopic (exact) mass is 372 g/mol. The van der Waals surface area contributed by atoms with E-state index in [-0.39, 0.29) is 12.0 Å². The fraction of sp³-hybridized carbons (Fsp3) is 0.667. The van der Waals surface area contributed by atoms with Crippen molar-refractivity contribution in [2.75, 3.05) is 39.3 Å². The van der Waals surface area contributed by atoms with E-state index in [1.807, 2.05) is 11.8 Å². The maximum atomic E-state index is 12.5. The largest absolute Gasteiger partial charge is 0.375 e. The van der Waals surface area contributed by atoms with E-state index in [1.54, 1.807) is 21.8 Å². The van der Waals surface area contributed by atoms with Crippen LogP contribution in [0.3, 0.4) is 0 Å².